The van der Waals surface area contributed by atoms with Crippen molar-refractivity contribution in [3.8, 4) is 23.0 Å². The third-order valence-electron chi connectivity index (χ3n) is 7.82. The van der Waals surface area contributed by atoms with E-state index in [1.165, 1.54) is 48.3 Å². The Balaban J connectivity index is 1.39. The van der Waals surface area contributed by atoms with E-state index in [1.807, 2.05) is 0 Å². The van der Waals surface area contributed by atoms with Crippen molar-refractivity contribution in [3.63, 3.8) is 0 Å². The Morgan fingerprint density at radius 3 is 1.52 bits per heavy atom. The lowest BCUT2D eigenvalue weighted by Crippen LogP contribution is -2.36. The van der Waals surface area contributed by atoms with Crippen molar-refractivity contribution in [1.82, 2.24) is 9.80 Å². The van der Waals surface area contributed by atoms with Crippen LogP contribution in [-0.2, 0) is 9.59 Å². The lowest BCUT2D eigenvalue weighted by molar-refractivity contribution is -0.111. The minimum atomic E-state index is -0.535. The highest BCUT2D eigenvalue weighted by Gasteiger charge is 2.32. The van der Waals surface area contributed by atoms with Crippen molar-refractivity contribution in [1.29, 1.82) is 0 Å². The standard InChI is InChI=1S/C30H34N8O8/c1-43-25-13-21(29(41)37-9-5-7-19(37)17-39)23(33-35-31)15-27(25)45-11-3-4-12-46-28-16-24(34-36-32)22(14-26(28)44-2)30(42)38-10-6-8-20(38)18-40/h13-20H,3-12H2,1-2H3/t19-,20-/m0/s1. The van der Waals surface area contributed by atoms with Crippen LogP contribution in [0.3, 0.4) is 0 Å². The van der Waals surface area contributed by atoms with Gasteiger partial charge in [0.15, 0.2) is 23.0 Å². The van der Waals surface area contributed by atoms with E-state index in [2.05, 4.69) is 20.1 Å². The summed E-state index contributed by atoms with van der Waals surface area (Å²) in [5.74, 6) is 0.194. The van der Waals surface area contributed by atoms with Crippen molar-refractivity contribution in [3.05, 3.63) is 56.3 Å². The van der Waals surface area contributed by atoms with E-state index in [-0.39, 0.29) is 58.7 Å². The molecule has 4 rings (SSSR count). The number of aldehydes is 2. The molecule has 2 heterocycles. The van der Waals surface area contributed by atoms with E-state index in [4.69, 9.17) is 30.0 Å². The number of rotatable bonds is 15. The number of hydrogen-bond donors (Lipinski definition) is 0. The fourth-order valence-corrected chi connectivity index (χ4v) is 5.50. The second-order valence-corrected chi connectivity index (χ2v) is 10.5. The lowest BCUT2D eigenvalue weighted by atomic mass is 10.1. The topological polar surface area (TPSA) is 209 Å². The molecule has 16 heteroatoms. The van der Waals surface area contributed by atoms with Crippen LogP contribution in [0.15, 0.2) is 34.5 Å². The van der Waals surface area contributed by atoms with Crippen molar-refractivity contribution >= 4 is 35.8 Å². The number of methoxy groups -OCH3 is 2. The summed E-state index contributed by atoms with van der Waals surface area (Å²) in [5, 5.41) is 7.34. The van der Waals surface area contributed by atoms with Crippen LogP contribution in [-0.4, -0.2) is 86.8 Å². The monoisotopic (exact) mass is 634 g/mol. The Hall–Kier alpha value is -5.46. The fraction of sp³-hybridized carbons (Fsp3) is 0.467. The molecule has 0 aromatic heterocycles. The molecule has 2 aromatic rings. The normalized spacial score (nSPS) is 17.0. The van der Waals surface area contributed by atoms with Crippen LogP contribution in [0, 0.1) is 0 Å². The molecule has 2 amide bonds. The molecule has 2 aliphatic heterocycles. The summed E-state index contributed by atoms with van der Waals surface area (Å²) < 4.78 is 22.6. The van der Waals surface area contributed by atoms with Gasteiger partial charge < -0.3 is 38.3 Å². The van der Waals surface area contributed by atoms with Gasteiger partial charge in [0, 0.05) is 22.9 Å². The van der Waals surface area contributed by atoms with Gasteiger partial charge in [0.1, 0.15) is 12.6 Å². The molecule has 0 bridgehead atoms. The van der Waals surface area contributed by atoms with Crippen molar-refractivity contribution in [2.24, 2.45) is 10.2 Å². The van der Waals surface area contributed by atoms with Crippen molar-refractivity contribution in [2.45, 2.75) is 50.6 Å². The Labute approximate surface area is 264 Å². The molecule has 242 valence electrons. The molecule has 0 spiro atoms. The van der Waals surface area contributed by atoms with Gasteiger partial charge in [0.05, 0.1) is 62.0 Å². The summed E-state index contributed by atoms with van der Waals surface area (Å²) in [4.78, 5) is 57.8. The van der Waals surface area contributed by atoms with Crippen LogP contribution in [0.5, 0.6) is 23.0 Å². The number of carbonyl (C=O) groups excluding carboxylic acids is 4. The molecular weight excluding hydrogens is 600 g/mol. The quantitative estimate of drug-likeness (QED) is 0.0808. The first-order valence-electron chi connectivity index (χ1n) is 14.7. The van der Waals surface area contributed by atoms with Gasteiger partial charge in [0.2, 0.25) is 0 Å². The second-order valence-electron chi connectivity index (χ2n) is 10.5. The number of unbranched alkanes of at least 4 members (excludes halogenated alkanes) is 1. The molecule has 2 saturated heterocycles. The van der Waals surface area contributed by atoms with Gasteiger partial charge in [-0.15, -0.1) is 0 Å². The van der Waals surface area contributed by atoms with E-state index >= 15 is 0 Å². The number of nitrogens with zero attached hydrogens (tertiary/aromatic N) is 8. The highest BCUT2D eigenvalue weighted by atomic mass is 16.5. The highest BCUT2D eigenvalue weighted by molar-refractivity contribution is 6.02. The predicted octanol–water partition coefficient (Wildman–Crippen LogP) is 5.43. The van der Waals surface area contributed by atoms with Crippen LogP contribution < -0.4 is 18.9 Å². The third-order valence-corrected chi connectivity index (χ3v) is 7.82. The number of carbonyl (C=O) groups is 4. The third kappa shape index (κ3) is 7.42. The summed E-state index contributed by atoms with van der Waals surface area (Å²) in [6, 6.07) is 4.67. The maximum atomic E-state index is 13.2. The van der Waals surface area contributed by atoms with Gasteiger partial charge >= 0.3 is 0 Å². The maximum absolute atomic E-state index is 13.2. The van der Waals surface area contributed by atoms with Gasteiger partial charge in [-0.2, -0.15) is 0 Å². The zero-order valence-electron chi connectivity index (χ0n) is 25.5. The molecule has 0 aliphatic carbocycles. The second kappa shape index (κ2) is 16.0. The van der Waals surface area contributed by atoms with Gasteiger partial charge in [-0.05, 0) is 73.9 Å². The Kier molecular flexibility index (Phi) is 11.6. The minimum Gasteiger partial charge on any atom is -0.493 e. The van der Waals surface area contributed by atoms with Crippen molar-refractivity contribution in [2.75, 3.05) is 40.5 Å². The van der Waals surface area contributed by atoms with Crippen LogP contribution >= 0.6 is 0 Å². The van der Waals surface area contributed by atoms with Crippen LogP contribution in [0.1, 0.15) is 59.2 Å². The largest absolute Gasteiger partial charge is 0.493 e. The zero-order chi connectivity index (χ0) is 33.1. The number of amides is 2. The average molecular weight is 635 g/mol. The molecular formula is C30H34N8O8. The summed E-state index contributed by atoms with van der Waals surface area (Å²) >= 11 is 0. The number of hydrogen-bond acceptors (Lipinski definition) is 10. The maximum Gasteiger partial charge on any atom is 0.255 e. The highest BCUT2D eigenvalue weighted by Crippen LogP contribution is 2.38. The van der Waals surface area contributed by atoms with Crippen molar-refractivity contribution < 1.29 is 38.1 Å². The van der Waals surface area contributed by atoms with Gasteiger partial charge in [0.25, 0.3) is 11.8 Å². The lowest BCUT2D eigenvalue weighted by Gasteiger charge is -2.22. The fourth-order valence-electron chi connectivity index (χ4n) is 5.50. The minimum absolute atomic E-state index is 0.0550. The molecule has 2 aliphatic rings. The number of benzene rings is 2. The first-order chi connectivity index (χ1) is 22.4. The van der Waals surface area contributed by atoms with E-state index in [0.29, 0.717) is 51.6 Å². The molecule has 2 atom stereocenters. The zero-order valence-corrected chi connectivity index (χ0v) is 25.5. The Bertz CT molecular complexity index is 1450. The summed E-state index contributed by atoms with van der Waals surface area (Å²) in [6.07, 6.45) is 5.07. The number of ether oxygens (including phenoxy) is 4. The summed E-state index contributed by atoms with van der Waals surface area (Å²) in [7, 11) is 2.84. The molecule has 0 N–H and O–H groups in total. The predicted molar refractivity (Wildman–Crippen MR) is 164 cm³/mol. The average Bonchev–Trinajstić information content (AvgIpc) is 3.76. The molecule has 0 saturated carbocycles. The Morgan fingerprint density at radius 2 is 1.17 bits per heavy atom. The summed E-state index contributed by atoms with van der Waals surface area (Å²) in [6.45, 7) is 1.29. The van der Waals surface area contributed by atoms with E-state index in [9.17, 15) is 19.2 Å². The molecule has 46 heavy (non-hydrogen) atoms. The first-order valence-corrected chi connectivity index (χ1v) is 14.7. The van der Waals surface area contributed by atoms with Crippen LogP contribution in [0.4, 0.5) is 11.4 Å². The smallest absolute Gasteiger partial charge is 0.255 e. The molecule has 16 nitrogen and oxygen atoms in total. The van der Waals surface area contributed by atoms with E-state index in [0.717, 1.165) is 12.6 Å². The van der Waals surface area contributed by atoms with Crippen LogP contribution in [0.25, 0.3) is 20.9 Å². The van der Waals surface area contributed by atoms with Gasteiger partial charge in [-0.3, -0.25) is 9.59 Å². The van der Waals surface area contributed by atoms with Gasteiger partial charge in [-0.1, -0.05) is 10.2 Å². The summed E-state index contributed by atoms with van der Waals surface area (Å²) in [5.41, 5.74) is 18.5. The molecule has 2 fully saturated rings. The van der Waals surface area contributed by atoms with E-state index < -0.39 is 23.9 Å². The van der Waals surface area contributed by atoms with Crippen LogP contribution in [0.2, 0.25) is 0 Å². The molecule has 0 radical (unpaired) electrons. The van der Waals surface area contributed by atoms with Gasteiger partial charge in [-0.25, -0.2) is 0 Å². The molecule has 0 unspecified atom stereocenters. The Morgan fingerprint density at radius 1 is 0.761 bits per heavy atom. The SMILES string of the molecule is COc1cc(C(=O)N2CCC[C@H]2C=O)c(N=[N+]=[N-])cc1OCCCCOc1cc(N=[N+]=[N-])c(C(=O)N2CCC[C@H]2C=O)cc1OC. The molecule has 2 aromatic carbocycles. The number of azide groups is 2. The van der Waals surface area contributed by atoms with E-state index in [1.54, 1.807) is 0 Å². The first kappa shape index (κ1) is 33.4. The number of likely N-dealkylation sites (tertiary alicyclic amines) is 2.